The Balaban J connectivity index is 1.55. The van der Waals surface area contributed by atoms with Crippen molar-refractivity contribution in [2.24, 2.45) is 0 Å². The van der Waals surface area contributed by atoms with Gasteiger partial charge in [-0.1, -0.05) is 6.07 Å². The Hall–Kier alpha value is -2.62. The standard InChI is InChI=1S/C21H28N6O3/c1-14-8-15(2)18-10-16(21(29)22-19(18)9-14)11-26(5-6-28)13-20-23-24-25-27(20)12-17-4-3-7-30-17/h8-10,17,28H,3-7,11-13H2,1-2H3,(H,22,29)/p+1/t17-/m1/s1. The molecule has 2 atom stereocenters. The molecule has 9 nitrogen and oxygen atoms in total. The number of hydrogen-bond donors (Lipinski definition) is 3. The van der Waals surface area contributed by atoms with Gasteiger partial charge in [0.1, 0.15) is 19.6 Å². The highest BCUT2D eigenvalue weighted by Gasteiger charge is 2.22. The number of aromatic nitrogens is 5. The summed E-state index contributed by atoms with van der Waals surface area (Å²) in [5, 5.41) is 22.7. The summed E-state index contributed by atoms with van der Waals surface area (Å²) in [6.45, 7) is 7.00. The largest absolute Gasteiger partial charge is 0.391 e. The summed E-state index contributed by atoms with van der Waals surface area (Å²) >= 11 is 0. The van der Waals surface area contributed by atoms with Crippen LogP contribution < -0.4 is 10.5 Å². The maximum atomic E-state index is 12.7. The molecule has 1 aliphatic rings. The minimum Gasteiger partial charge on any atom is -0.391 e. The minimum atomic E-state index is -0.0955. The summed E-state index contributed by atoms with van der Waals surface area (Å²) in [4.78, 5) is 16.7. The number of benzene rings is 1. The first-order valence-corrected chi connectivity index (χ1v) is 10.5. The van der Waals surface area contributed by atoms with E-state index in [-0.39, 0.29) is 18.3 Å². The van der Waals surface area contributed by atoms with Crippen molar-refractivity contribution in [3.05, 3.63) is 51.1 Å². The first-order chi connectivity index (χ1) is 14.5. The summed E-state index contributed by atoms with van der Waals surface area (Å²) in [7, 11) is 0. The number of quaternary nitrogens is 1. The van der Waals surface area contributed by atoms with Gasteiger partial charge >= 0.3 is 0 Å². The molecule has 4 rings (SSSR count). The molecule has 0 radical (unpaired) electrons. The highest BCUT2D eigenvalue weighted by Crippen LogP contribution is 2.18. The summed E-state index contributed by atoms with van der Waals surface area (Å²) in [6.07, 6.45) is 2.22. The fraction of sp³-hybridized carbons (Fsp3) is 0.524. The van der Waals surface area contributed by atoms with Crippen LogP contribution in [-0.2, 0) is 24.4 Å². The van der Waals surface area contributed by atoms with E-state index in [0.717, 1.165) is 52.2 Å². The van der Waals surface area contributed by atoms with Crippen LogP contribution in [0.1, 0.15) is 35.4 Å². The number of rotatable bonds is 8. The Labute approximate surface area is 174 Å². The van der Waals surface area contributed by atoms with Crippen LogP contribution in [0.25, 0.3) is 10.9 Å². The normalized spacial score (nSPS) is 17.6. The molecule has 0 amide bonds. The third-order valence-corrected chi connectivity index (χ3v) is 5.71. The number of aliphatic hydroxyl groups is 1. The molecule has 1 aromatic carbocycles. The number of nitrogens with zero attached hydrogens (tertiary/aromatic N) is 4. The Morgan fingerprint density at radius 2 is 2.17 bits per heavy atom. The van der Waals surface area contributed by atoms with Crippen molar-refractivity contribution >= 4 is 10.9 Å². The van der Waals surface area contributed by atoms with E-state index < -0.39 is 0 Å². The third kappa shape index (κ3) is 4.58. The van der Waals surface area contributed by atoms with Crippen LogP contribution in [0.5, 0.6) is 0 Å². The molecular weight excluding hydrogens is 384 g/mol. The summed E-state index contributed by atoms with van der Waals surface area (Å²) in [5.41, 5.74) is 3.70. The molecule has 1 unspecified atom stereocenters. The van der Waals surface area contributed by atoms with E-state index in [2.05, 4.69) is 33.5 Å². The lowest BCUT2D eigenvalue weighted by atomic mass is 10.0. The number of aliphatic hydroxyl groups excluding tert-OH is 1. The van der Waals surface area contributed by atoms with Gasteiger partial charge in [0.25, 0.3) is 5.56 Å². The molecule has 1 aliphatic heterocycles. The Morgan fingerprint density at radius 1 is 1.30 bits per heavy atom. The van der Waals surface area contributed by atoms with Gasteiger partial charge in [0.05, 0.1) is 24.8 Å². The van der Waals surface area contributed by atoms with Crippen molar-refractivity contribution in [2.75, 3.05) is 19.8 Å². The van der Waals surface area contributed by atoms with Gasteiger partial charge < -0.3 is 19.7 Å². The fourth-order valence-corrected chi connectivity index (χ4v) is 4.21. The van der Waals surface area contributed by atoms with Gasteiger partial charge in [-0.25, -0.2) is 4.68 Å². The number of nitrogens with one attached hydrogen (secondary N) is 2. The monoisotopic (exact) mass is 413 g/mol. The number of pyridine rings is 1. The topological polar surface area (TPSA) is 110 Å². The third-order valence-electron chi connectivity index (χ3n) is 5.71. The highest BCUT2D eigenvalue weighted by atomic mass is 16.5. The predicted molar refractivity (Wildman–Crippen MR) is 111 cm³/mol. The zero-order valence-corrected chi connectivity index (χ0v) is 17.5. The van der Waals surface area contributed by atoms with Gasteiger partial charge in [-0.05, 0) is 60.4 Å². The highest BCUT2D eigenvalue weighted by molar-refractivity contribution is 5.83. The second-order valence-electron chi connectivity index (χ2n) is 8.16. The molecule has 160 valence electrons. The van der Waals surface area contributed by atoms with Crippen molar-refractivity contribution in [3.8, 4) is 0 Å². The molecule has 1 saturated heterocycles. The second-order valence-corrected chi connectivity index (χ2v) is 8.16. The molecule has 0 aliphatic carbocycles. The van der Waals surface area contributed by atoms with E-state index in [0.29, 0.717) is 31.7 Å². The van der Waals surface area contributed by atoms with Crippen molar-refractivity contribution in [2.45, 2.75) is 52.4 Å². The molecular formula is C21H29N6O3+. The smallest absolute Gasteiger partial charge is 0.257 e. The molecule has 3 aromatic rings. The first kappa shape index (κ1) is 20.6. The maximum absolute atomic E-state index is 12.7. The van der Waals surface area contributed by atoms with Crippen LogP contribution in [0.2, 0.25) is 0 Å². The molecule has 30 heavy (non-hydrogen) atoms. The van der Waals surface area contributed by atoms with E-state index >= 15 is 0 Å². The van der Waals surface area contributed by atoms with E-state index in [9.17, 15) is 9.90 Å². The Bertz CT molecular complexity index is 1070. The lowest BCUT2D eigenvalue weighted by Gasteiger charge is -2.19. The zero-order chi connectivity index (χ0) is 21.1. The Morgan fingerprint density at radius 3 is 2.93 bits per heavy atom. The average molecular weight is 414 g/mol. The summed E-state index contributed by atoms with van der Waals surface area (Å²) in [5.74, 6) is 0.734. The summed E-state index contributed by atoms with van der Waals surface area (Å²) in [6, 6.07) is 6.07. The molecule has 1 fully saturated rings. The van der Waals surface area contributed by atoms with Gasteiger partial charge in [-0.2, -0.15) is 0 Å². The summed E-state index contributed by atoms with van der Waals surface area (Å²) < 4.78 is 7.48. The van der Waals surface area contributed by atoms with E-state index in [4.69, 9.17) is 4.74 Å². The predicted octanol–water partition coefficient (Wildman–Crippen LogP) is -0.112. The molecule has 0 spiro atoms. The van der Waals surface area contributed by atoms with E-state index in [1.54, 1.807) is 4.68 Å². The number of aromatic amines is 1. The quantitative estimate of drug-likeness (QED) is 0.475. The van der Waals surface area contributed by atoms with Crippen molar-refractivity contribution in [3.63, 3.8) is 0 Å². The van der Waals surface area contributed by atoms with Crippen LogP contribution in [0.15, 0.2) is 23.0 Å². The van der Waals surface area contributed by atoms with Gasteiger partial charge in [0.2, 0.25) is 5.82 Å². The van der Waals surface area contributed by atoms with Gasteiger partial charge in [0, 0.05) is 17.5 Å². The fourth-order valence-electron chi connectivity index (χ4n) is 4.21. The number of aryl methyl sites for hydroxylation is 2. The lowest BCUT2D eigenvalue weighted by molar-refractivity contribution is -0.928. The average Bonchev–Trinajstić information content (AvgIpc) is 3.36. The van der Waals surface area contributed by atoms with Crippen LogP contribution in [0.3, 0.4) is 0 Å². The maximum Gasteiger partial charge on any atom is 0.257 e. The lowest BCUT2D eigenvalue weighted by Crippen LogP contribution is -3.10. The van der Waals surface area contributed by atoms with E-state index in [1.165, 1.54) is 0 Å². The SMILES string of the molecule is Cc1cc(C)c2cc(C[NH+](CCO)Cc3nnnn3C[C@H]3CCCO3)c(=O)[nH]c2c1. The first-order valence-electron chi connectivity index (χ1n) is 10.5. The number of fused-ring (bicyclic) bond motifs is 1. The molecule has 2 aromatic heterocycles. The van der Waals surface area contributed by atoms with Crippen LogP contribution in [0, 0.1) is 13.8 Å². The Kier molecular flexibility index (Phi) is 6.21. The second kappa shape index (κ2) is 9.03. The van der Waals surface area contributed by atoms with Crippen LogP contribution in [-0.4, -0.2) is 56.2 Å². The van der Waals surface area contributed by atoms with Crippen molar-refractivity contribution < 1.29 is 14.7 Å². The molecule has 0 bridgehead atoms. The van der Waals surface area contributed by atoms with E-state index in [1.807, 2.05) is 19.1 Å². The van der Waals surface area contributed by atoms with Gasteiger partial charge in [-0.15, -0.1) is 5.10 Å². The molecule has 9 heteroatoms. The van der Waals surface area contributed by atoms with Gasteiger partial charge in [0.15, 0.2) is 0 Å². The van der Waals surface area contributed by atoms with Crippen molar-refractivity contribution in [1.82, 2.24) is 25.2 Å². The molecule has 0 saturated carbocycles. The van der Waals surface area contributed by atoms with Crippen LogP contribution >= 0.6 is 0 Å². The number of H-pyrrole nitrogens is 1. The molecule has 3 heterocycles. The zero-order valence-electron chi connectivity index (χ0n) is 17.5. The van der Waals surface area contributed by atoms with Crippen LogP contribution in [0.4, 0.5) is 0 Å². The van der Waals surface area contributed by atoms with Crippen molar-refractivity contribution in [1.29, 1.82) is 0 Å². The number of hydrogen-bond acceptors (Lipinski definition) is 6. The number of ether oxygens (including phenoxy) is 1. The minimum absolute atomic E-state index is 0.0202. The van der Waals surface area contributed by atoms with Gasteiger partial charge in [-0.3, -0.25) is 4.79 Å². The number of tetrazole rings is 1. The molecule has 3 N–H and O–H groups in total.